The zero-order valence-electron chi connectivity index (χ0n) is 8.07. The van der Waals surface area contributed by atoms with Gasteiger partial charge in [-0.15, -0.1) is 0 Å². The molecule has 0 saturated carbocycles. The Morgan fingerprint density at radius 1 is 1.50 bits per heavy atom. The molecule has 0 radical (unpaired) electrons. The van der Waals surface area contributed by atoms with Crippen molar-refractivity contribution in [1.82, 2.24) is 4.98 Å². The van der Waals surface area contributed by atoms with Gasteiger partial charge in [-0.1, -0.05) is 28.1 Å². The van der Waals surface area contributed by atoms with Crippen molar-refractivity contribution in [3.05, 3.63) is 40.1 Å². The molecule has 0 aliphatic heterocycles. The van der Waals surface area contributed by atoms with Gasteiger partial charge in [0.25, 0.3) is 5.69 Å². The van der Waals surface area contributed by atoms with Crippen molar-refractivity contribution in [3.8, 4) is 0 Å². The van der Waals surface area contributed by atoms with Crippen molar-refractivity contribution in [2.24, 2.45) is 0 Å². The molecule has 6 heteroatoms. The van der Waals surface area contributed by atoms with Crippen LogP contribution >= 0.6 is 15.9 Å². The second-order valence-corrected chi connectivity index (χ2v) is 3.78. The largest absolute Gasteiger partial charge is 0.355 e. The summed E-state index contributed by atoms with van der Waals surface area (Å²) in [6.07, 6.45) is 1.50. The molecule has 2 rings (SSSR count). The van der Waals surface area contributed by atoms with E-state index in [4.69, 9.17) is 0 Å². The van der Waals surface area contributed by atoms with Gasteiger partial charge in [-0.25, -0.2) is 0 Å². The number of H-pyrrole nitrogens is 1. The number of nitro benzene ring substituents is 1. The molecular weight excluding hydrogens is 276 g/mol. The lowest BCUT2D eigenvalue weighted by molar-refractivity contribution is -0.383. The fourth-order valence-corrected chi connectivity index (χ4v) is 1.90. The zero-order valence-corrected chi connectivity index (χ0v) is 9.65. The van der Waals surface area contributed by atoms with Crippen molar-refractivity contribution in [2.75, 3.05) is 5.33 Å². The predicted molar refractivity (Wildman–Crippen MR) is 63.1 cm³/mol. The van der Waals surface area contributed by atoms with Crippen molar-refractivity contribution < 1.29 is 9.72 Å². The van der Waals surface area contributed by atoms with Crippen LogP contribution in [0.15, 0.2) is 24.4 Å². The third kappa shape index (κ3) is 1.61. The van der Waals surface area contributed by atoms with Crippen LogP contribution in [0.4, 0.5) is 5.69 Å². The van der Waals surface area contributed by atoms with Crippen LogP contribution in [0.1, 0.15) is 10.4 Å². The molecule has 0 aliphatic rings. The molecule has 1 aromatic heterocycles. The minimum atomic E-state index is -0.471. The van der Waals surface area contributed by atoms with Crippen LogP contribution in [-0.2, 0) is 0 Å². The maximum atomic E-state index is 11.5. The number of carbonyl (C=O) groups excluding carboxylic acids is 1. The lowest BCUT2D eigenvalue weighted by atomic mass is 10.1. The first-order valence-electron chi connectivity index (χ1n) is 4.49. The first-order valence-corrected chi connectivity index (χ1v) is 5.61. The average molecular weight is 283 g/mol. The summed E-state index contributed by atoms with van der Waals surface area (Å²) in [6.45, 7) is 0. The maximum Gasteiger partial charge on any atom is 0.293 e. The van der Waals surface area contributed by atoms with Gasteiger partial charge < -0.3 is 4.98 Å². The number of hydrogen-bond acceptors (Lipinski definition) is 3. The van der Waals surface area contributed by atoms with Crippen molar-refractivity contribution in [1.29, 1.82) is 0 Å². The van der Waals surface area contributed by atoms with Gasteiger partial charge in [0.15, 0.2) is 5.78 Å². The van der Waals surface area contributed by atoms with Crippen LogP contribution in [0.5, 0.6) is 0 Å². The van der Waals surface area contributed by atoms with Crippen molar-refractivity contribution >= 4 is 38.3 Å². The summed E-state index contributed by atoms with van der Waals surface area (Å²) >= 11 is 3.07. The second kappa shape index (κ2) is 4.05. The third-order valence-electron chi connectivity index (χ3n) is 2.31. The van der Waals surface area contributed by atoms with E-state index in [1.54, 1.807) is 12.1 Å². The molecule has 82 valence electrons. The van der Waals surface area contributed by atoms with Gasteiger partial charge in [-0.05, 0) is 0 Å². The number of aromatic nitrogens is 1. The molecular formula is C10H7BrN2O3. The Morgan fingerprint density at radius 2 is 2.25 bits per heavy atom. The molecule has 2 aromatic rings. The number of nitrogens with zero attached hydrogens (tertiary/aromatic N) is 1. The number of aromatic amines is 1. The summed E-state index contributed by atoms with van der Waals surface area (Å²) in [6, 6.07) is 4.66. The van der Waals surface area contributed by atoms with Gasteiger partial charge >= 0.3 is 0 Å². The predicted octanol–water partition coefficient (Wildman–Crippen LogP) is 2.65. The summed E-state index contributed by atoms with van der Waals surface area (Å²) in [5.41, 5.74) is 0.832. The fourth-order valence-electron chi connectivity index (χ4n) is 1.59. The number of nitrogens with one attached hydrogen (secondary N) is 1. The van der Waals surface area contributed by atoms with Gasteiger partial charge in [0.2, 0.25) is 0 Å². The van der Waals surface area contributed by atoms with Crippen LogP contribution in [0.2, 0.25) is 0 Å². The highest BCUT2D eigenvalue weighted by Crippen LogP contribution is 2.27. The van der Waals surface area contributed by atoms with Gasteiger partial charge in [0.1, 0.15) is 5.52 Å². The normalized spacial score (nSPS) is 10.6. The van der Waals surface area contributed by atoms with Gasteiger partial charge in [-0.3, -0.25) is 14.9 Å². The molecule has 0 spiro atoms. The smallest absolute Gasteiger partial charge is 0.293 e. The van der Waals surface area contributed by atoms with E-state index >= 15 is 0 Å². The molecule has 1 aromatic carbocycles. The van der Waals surface area contributed by atoms with Gasteiger partial charge in [0, 0.05) is 23.2 Å². The van der Waals surface area contributed by atoms with E-state index in [1.807, 2.05) is 0 Å². The van der Waals surface area contributed by atoms with E-state index in [2.05, 4.69) is 20.9 Å². The van der Waals surface area contributed by atoms with Crippen molar-refractivity contribution in [2.45, 2.75) is 0 Å². The lowest BCUT2D eigenvalue weighted by Crippen LogP contribution is -1.98. The number of hydrogen-bond donors (Lipinski definition) is 1. The lowest BCUT2D eigenvalue weighted by Gasteiger charge is -1.95. The Kier molecular flexibility index (Phi) is 2.74. The summed E-state index contributed by atoms with van der Waals surface area (Å²) < 4.78 is 0. The molecule has 1 heterocycles. The Bertz CT molecular complexity index is 576. The highest BCUT2D eigenvalue weighted by atomic mass is 79.9. The van der Waals surface area contributed by atoms with Crippen LogP contribution < -0.4 is 0 Å². The van der Waals surface area contributed by atoms with Crippen LogP contribution in [0.25, 0.3) is 10.9 Å². The molecule has 0 unspecified atom stereocenters. The Morgan fingerprint density at radius 3 is 2.88 bits per heavy atom. The quantitative estimate of drug-likeness (QED) is 0.407. The highest BCUT2D eigenvalue weighted by Gasteiger charge is 2.17. The van der Waals surface area contributed by atoms with Crippen LogP contribution in [0, 0.1) is 10.1 Å². The number of fused-ring (bicyclic) bond motifs is 1. The third-order valence-corrected chi connectivity index (χ3v) is 2.82. The Balaban J connectivity index is 2.71. The molecule has 0 fully saturated rings. The number of alkyl halides is 1. The van der Waals surface area contributed by atoms with E-state index in [9.17, 15) is 14.9 Å². The molecule has 0 saturated heterocycles. The highest BCUT2D eigenvalue weighted by molar-refractivity contribution is 9.09. The number of ketones is 1. The Labute approximate surface area is 98.7 Å². The van der Waals surface area contributed by atoms with Crippen LogP contribution in [-0.4, -0.2) is 21.0 Å². The van der Waals surface area contributed by atoms with E-state index in [0.717, 1.165) is 0 Å². The minimum absolute atomic E-state index is 0.0221. The standard InChI is InChI=1S/C10H7BrN2O3/c11-4-9(14)7-5-12-10-6(7)2-1-3-8(10)13(15)16/h1-3,5,12H,4H2. The number of non-ortho nitro benzene ring substituents is 1. The minimum Gasteiger partial charge on any atom is -0.355 e. The van der Waals surface area contributed by atoms with E-state index < -0.39 is 4.92 Å². The number of halogens is 1. The monoisotopic (exact) mass is 282 g/mol. The van der Waals surface area contributed by atoms with E-state index in [1.165, 1.54) is 12.3 Å². The average Bonchev–Trinajstić information content (AvgIpc) is 2.71. The topological polar surface area (TPSA) is 76.0 Å². The number of nitro groups is 1. The number of Topliss-reactive ketones (excluding diaryl/α,β-unsaturated/α-hetero) is 1. The van der Waals surface area contributed by atoms with E-state index in [-0.39, 0.29) is 16.8 Å². The maximum absolute atomic E-state index is 11.5. The fraction of sp³-hybridized carbons (Fsp3) is 0.100. The molecule has 0 atom stereocenters. The van der Waals surface area contributed by atoms with E-state index in [0.29, 0.717) is 16.5 Å². The number of benzene rings is 1. The molecule has 5 nitrogen and oxygen atoms in total. The second-order valence-electron chi connectivity index (χ2n) is 3.22. The first-order chi connectivity index (χ1) is 7.65. The van der Waals surface area contributed by atoms with Crippen molar-refractivity contribution in [3.63, 3.8) is 0 Å². The molecule has 0 aliphatic carbocycles. The number of para-hydroxylation sites is 1. The number of carbonyl (C=O) groups is 1. The van der Waals surface area contributed by atoms with Crippen LogP contribution in [0.3, 0.4) is 0 Å². The molecule has 0 amide bonds. The summed E-state index contributed by atoms with van der Waals surface area (Å²) in [5, 5.41) is 11.5. The SMILES string of the molecule is O=C(CBr)c1c[nH]c2c([N+](=O)[O-])cccc12. The number of rotatable bonds is 3. The zero-order chi connectivity index (χ0) is 11.7. The summed E-state index contributed by atoms with van der Waals surface area (Å²) in [7, 11) is 0. The Hall–Kier alpha value is -1.69. The van der Waals surface area contributed by atoms with Gasteiger partial charge in [0.05, 0.1) is 10.3 Å². The molecule has 0 bridgehead atoms. The first kappa shape index (κ1) is 10.8. The van der Waals surface area contributed by atoms with Gasteiger partial charge in [-0.2, -0.15) is 0 Å². The summed E-state index contributed by atoms with van der Waals surface area (Å²) in [4.78, 5) is 24.6. The molecule has 1 N–H and O–H groups in total. The molecule has 16 heavy (non-hydrogen) atoms. The summed E-state index contributed by atoms with van der Waals surface area (Å²) in [5.74, 6) is -0.105.